The first-order chi connectivity index (χ1) is 8.66. The van der Waals surface area contributed by atoms with E-state index in [0.29, 0.717) is 10.6 Å². The average Bonchev–Trinajstić information content (AvgIpc) is 2.90. The van der Waals surface area contributed by atoms with Crippen LogP contribution in [0.3, 0.4) is 0 Å². The molecule has 0 aliphatic carbocycles. The first-order valence-electron chi connectivity index (χ1n) is 5.42. The predicted octanol–water partition coefficient (Wildman–Crippen LogP) is 2.40. The maximum atomic E-state index is 11.6. The third-order valence-electron chi connectivity index (χ3n) is 2.46. The van der Waals surface area contributed by atoms with Gasteiger partial charge in [0.15, 0.2) is 5.76 Å². The topological polar surface area (TPSA) is 62.5 Å². The quantitative estimate of drug-likeness (QED) is 0.892. The molecule has 0 aliphatic heterocycles. The summed E-state index contributed by atoms with van der Waals surface area (Å²) in [6.45, 7) is 0.112. The molecule has 2 aromatic rings. The summed E-state index contributed by atoms with van der Waals surface area (Å²) in [7, 11) is 0. The maximum absolute atomic E-state index is 11.6. The van der Waals surface area contributed by atoms with Crippen LogP contribution >= 0.6 is 11.6 Å². The second-order valence-electron chi connectivity index (χ2n) is 3.75. The lowest BCUT2D eigenvalue weighted by atomic mass is 10.1. The number of benzene rings is 1. The molecule has 0 bridgehead atoms. The van der Waals surface area contributed by atoms with Crippen LogP contribution in [0.4, 0.5) is 0 Å². The normalized spacial score (nSPS) is 12.1. The summed E-state index contributed by atoms with van der Waals surface area (Å²) in [4.78, 5) is 11.6. The molecular weight excluding hydrogens is 254 g/mol. The zero-order chi connectivity index (χ0) is 13.0. The van der Waals surface area contributed by atoms with Crippen molar-refractivity contribution in [2.24, 2.45) is 0 Å². The number of aliphatic hydroxyl groups excluding tert-OH is 1. The highest BCUT2D eigenvalue weighted by Crippen LogP contribution is 2.15. The lowest BCUT2D eigenvalue weighted by molar-refractivity contribution is 0.0889. The van der Waals surface area contributed by atoms with Gasteiger partial charge in [0.1, 0.15) is 0 Å². The van der Waals surface area contributed by atoms with Crippen molar-refractivity contribution in [2.75, 3.05) is 6.54 Å². The van der Waals surface area contributed by atoms with Crippen LogP contribution in [-0.4, -0.2) is 17.6 Å². The van der Waals surface area contributed by atoms with Crippen LogP contribution in [0.5, 0.6) is 0 Å². The zero-order valence-corrected chi connectivity index (χ0v) is 10.2. The number of furan rings is 1. The second-order valence-corrected chi connectivity index (χ2v) is 4.19. The van der Waals surface area contributed by atoms with Gasteiger partial charge in [0, 0.05) is 11.6 Å². The Morgan fingerprint density at radius 3 is 2.67 bits per heavy atom. The number of amides is 1. The highest BCUT2D eigenvalue weighted by molar-refractivity contribution is 6.30. The molecule has 5 heteroatoms. The van der Waals surface area contributed by atoms with Gasteiger partial charge in [-0.25, -0.2) is 0 Å². The molecule has 4 nitrogen and oxygen atoms in total. The van der Waals surface area contributed by atoms with Crippen molar-refractivity contribution in [3.8, 4) is 0 Å². The Labute approximate surface area is 109 Å². The summed E-state index contributed by atoms with van der Waals surface area (Å²) in [6.07, 6.45) is 0.644. The van der Waals surface area contributed by atoms with Crippen LogP contribution in [0, 0.1) is 0 Å². The summed E-state index contributed by atoms with van der Waals surface area (Å²) >= 11 is 5.75. The van der Waals surface area contributed by atoms with Gasteiger partial charge >= 0.3 is 0 Å². The van der Waals surface area contributed by atoms with Crippen molar-refractivity contribution in [1.82, 2.24) is 5.32 Å². The first-order valence-corrected chi connectivity index (χ1v) is 5.80. The van der Waals surface area contributed by atoms with Crippen LogP contribution < -0.4 is 5.32 Å². The van der Waals surface area contributed by atoms with E-state index in [1.54, 1.807) is 36.4 Å². The van der Waals surface area contributed by atoms with Gasteiger partial charge in [0.2, 0.25) is 0 Å². The number of hydrogen-bond donors (Lipinski definition) is 2. The van der Waals surface area contributed by atoms with Gasteiger partial charge in [0.25, 0.3) is 5.91 Å². The molecule has 0 unspecified atom stereocenters. The van der Waals surface area contributed by atoms with Crippen LogP contribution in [0.25, 0.3) is 0 Å². The van der Waals surface area contributed by atoms with E-state index in [-0.39, 0.29) is 18.2 Å². The van der Waals surface area contributed by atoms with Crippen molar-refractivity contribution in [2.45, 2.75) is 6.10 Å². The van der Waals surface area contributed by atoms with Crippen molar-refractivity contribution in [1.29, 1.82) is 0 Å². The molecule has 1 aromatic heterocycles. The van der Waals surface area contributed by atoms with Crippen molar-refractivity contribution in [3.63, 3.8) is 0 Å². The van der Waals surface area contributed by atoms with Crippen molar-refractivity contribution < 1.29 is 14.3 Å². The van der Waals surface area contributed by atoms with Gasteiger partial charge < -0.3 is 14.8 Å². The second kappa shape index (κ2) is 5.71. The largest absolute Gasteiger partial charge is 0.459 e. The van der Waals surface area contributed by atoms with Gasteiger partial charge in [-0.2, -0.15) is 0 Å². The molecule has 0 saturated carbocycles. The molecule has 2 N–H and O–H groups in total. The summed E-state index contributed by atoms with van der Waals surface area (Å²) in [5.74, 6) is -0.133. The Bertz CT molecular complexity index is 508. The molecule has 0 radical (unpaired) electrons. The third kappa shape index (κ3) is 3.12. The van der Waals surface area contributed by atoms with E-state index < -0.39 is 6.10 Å². The Hall–Kier alpha value is -1.78. The van der Waals surface area contributed by atoms with Crippen molar-refractivity contribution >= 4 is 17.5 Å². The van der Waals surface area contributed by atoms with Crippen LogP contribution in [-0.2, 0) is 0 Å². The fourth-order valence-electron chi connectivity index (χ4n) is 1.49. The average molecular weight is 266 g/mol. The molecule has 18 heavy (non-hydrogen) atoms. The molecule has 94 valence electrons. The number of carbonyl (C=O) groups excluding carboxylic acids is 1. The molecule has 1 heterocycles. The minimum atomic E-state index is -0.777. The zero-order valence-electron chi connectivity index (χ0n) is 9.47. The Morgan fingerprint density at radius 2 is 2.06 bits per heavy atom. The highest BCUT2D eigenvalue weighted by atomic mass is 35.5. The van der Waals surface area contributed by atoms with E-state index >= 15 is 0 Å². The lowest BCUT2D eigenvalue weighted by Gasteiger charge is -2.11. The Kier molecular flexibility index (Phi) is 4.02. The lowest BCUT2D eigenvalue weighted by Crippen LogP contribution is -2.28. The maximum Gasteiger partial charge on any atom is 0.287 e. The number of aliphatic hydroxyl groups is 1. The minimum absolute atomic E-state index is 0.112. The van der Waals surface area contributed by atoms with E-state index in [1.807, 2.05) is 0 Å². The summed E-state index contributed by atoms with van der Waals surface area (Å²) in [5, 5.41) is 13.1. The molecule has 0 saturated heterocycles. The number of carbonyl (C=O) groups is 1. The predicted molar refractivity (Wildman–Crippen MR) is 67.5 cm³/mol. The third-order valence-corrected chi connectivity index (χ3v) is 2.71. The molecule has 0 spiro atoms. The summed E-state index contributed by atoms with van der Waals surface area (Å²) < 4.78 is 4.94. The minimum Gasteiger partial charge on any atom is -0.459 e. The fraction of sp³-hybridized carbons (Fsp3) is 0.154. The van der Waals surface area contributed by atoms with Gasteiger partial charge in [0.05, 0.1) is 12.4 Å². The van der Waals surface area contributed by atoms with E-state index in [2.05, 4.69) is 5.32 Å². The number of hydrogen-bond acceptors (Lipinski definition) is 3. The SMILES string of the molecule is O=C(NC[C@H](O)c1ccc(Cl)cc1)c1ccco1. The van der Waals surface area contributed by atoms with Crippen LogP contribution in [0.2, 0.25) is 5.02 Å². The van der Waals surface area contributed by atoms with E-state index in [1.165, 1.54) is 6.26 Å². The van der Waals surface area contributed by atoms with Gasteiger partial charge in [-0.1, -0.05) is 23.7 Å². The molecule has 1 amide bonds. The molecular formula is C13H12ClNO3. The van der Waals surface area contributed by atoms with Gasteiger partial charge in [-0.05, 0) is 29.8 Å². The molecule has 0 fully saturated rings. The van der Waals surface area contributed by atoms with Gasteiger partial charge in [-0.3, -0.25) is 4.79 Å². The summed E-state index contributed by atoms with van der Waals surface area (Å²) in [6, 6.07) is 10.00. The Balaban J connectivity index is 1.90. The number of rotatable bonds is 4. The summed E-state index contributed by atoms with van der Waals surface area (Å²) in [5.41, 5.74) is 0.694. The van der Waals surface area contributed by atoms with Crippen LogP contribution in [0.15, 0.2) is 47.1 Å². The highest BCUT2D eigenvalue weighted by Gasteiger charge is 2.12. The molecule has 1 atom stereocenters. The van der Waals surface area contributed by atoms with Crippen LogP contribution in [0.1, 0.15) is 22.2 Å². The number of halogens is 1. The molecule has 2 rings (SSSR count). The standard InChI is InChI=1S/C13H12ClNO3/c14-10-5-3-9(4-6-10)11(16)8-15-13(17)12-2-1-7-18-12/h1-7,11,16H,8H2,(H,15,17)/t11-/m0/s1. The van der Waals surface area contributed by atoms with E-state index in [0.717, 1.165) is 0 Å². The molecule has 1 aromatic carbocycles. The van der Waals surface area contributed by atoms with Gasteiger partial charge in [-0.15, -0.1) is 0 Å². The first kappa shape index (κ1) is 12.7. The Morgan fingerprint density at radius 1 is 1.33 bits per heavy atom. The number of nitrogens with one attached hydrogen (secondary N) is 1. The smallest absolute Gasteiger partial charge is 0.287 e. The van der Waals surface area contributed by atoms with E-state index in [9.17, 15) is 9.90 Å². The molecule has 0 aliphatic rings. The monoisotopic (exact) mass is 265 g/mol. The van der Waals surface area contributed by atoms with E-state index in [4.69, 9.17) is 16.0 Å². The van der Waals surface area contributed by atoms with Crippen molar-refractivity contribution in [3.05, 3.63) is 59.0 Å². The fourth-order valence-corrected chi connectivity index (χ4v) is 1.61.